The summed E-state index contributed by atoms with van der Waals surface area (Å²) in [5.41, 5.74) is 0.246. The number of alkyl halides is 3. The van der Waals surface area contributed by atoms with Crippen molar-refractivity contribution in [1.29, 1.82) is 0 Å². The van der Waals surface area contributed by atoms with E-state index in [0.717, 1.165) is 25.9 Å². The Hall–Kier alpha value is -3.05. The lowest BCUT2D eigenvalue weighted by atomic mass is 9.92. The van der Waals surface area contributed by atoms with Crippen molar-refractivity contribution in [2.24, 2.45) is 11.8 Å². The van der Waals surface area contributed by atoms with Gasteiger partial charge in [-0.3, -0.25) is 0 Å². The van der Waals surface area contributed by atoms with Gasteiger partial charge in [0.05, 0.1) is 0 Å². The van der Waals surface area contributed by atoms with Crippen LogP contribution in [0.3, 0.4) is 0 Å². The number of hydrogen-bond acceptors (Lipinski definition) is 8. The molecule has 2 fully saturated rings. The lowest BCUT2D eigenvalue weighted by Gasteiger charge is -2.37. The summed E-state index contributed by atoms with van der Waals surface area (Å²) in [6, 6.07) is 3.74. The third-order valence-corrected chi connectivity index (χ3v) is 5.63. The number of fused-ring (bicyclic) bond motifs is 3. The molecule has 0 amide bonds. The van der Waals surface area contributed by atoms with Crippen molar-refractivity contribution < 1.29 is 22.4 Å². The molecule has 1 N–H and O–H groups in total. The first-order chi connectivity index (χ1) is 14.4. The fraction of sp³-hybridized carbons (Fsp3) is 0.556. The van der Waals surface area contributed by atoms with Gasteiger partial charge in [0.15, 0.2) is 23.8 Å². The minimum Gasteiger partial charge on any atom is -0.480 e. The maximum Gasteiger partial charge on any atom is 0.422 e. The molecule has 1 aliphatic carbocycles. The Bertz CT molecular complexity index is 1040. The fourth-order valence-electron chi connectivity index (χ4n) is 4.39. The van der Waals surface area contributed by atoms with Gasteiger partial charge in [-0.25, -0.2) is 4.52 Å². The van der Waals surface area contributed by atoms with E-state index in [-0.39, 0.29) is 17.4 Å². The average Bonchev–Trinajstić information content (AvgIpc) is 3.36. The van der Waals surface area contributed by atoms with Crippen LogP contribution in [0.1, 0.15) is 18.7 Å². The molecule has 3 aromatic heterocycles. The minimum atomic E-state index is -4.42. The molecule has 1 unspecified atom stereocenters. The summed E-state index contributed by atoms with van der Waals surface area (Å²) in [5.74, 6) is 1.73. The molecule has 4 heterocycles. The number of nitrogens with zero attached hydrogens (tertiary/aromatic N) is 6. The van der Waals surface area contributed by atoms with Gasteiger partial charge in [0.25, 0.3) is 0 Å². The van der Waals surface area contributed by atoms with Gasteiger partial charge in [0, 0.05) is 25.3 Å². The average molecular weight is 423 g/mol. The molecule has 1 aliphatic heterocycles. The molecule has 2 bridgehead atoms. The first kappa shape index (κ1) is 18.9. The van der Waals surface area contributed by atoms with Crippen LogP contribution in [0.25, 0.3) is 5.65 Å². The Morgan fingerprint density at radius 1 is 1.23 bits per heavy atom. The Morgan fingerprint density at radius 2 is 2.00 bits per heavy atom. The van der Waals surface area contributed by atoms with Gasteiger partial charge < -0.3 is 19.5 Å². The number of rotatable bonds is 5. The maximum atomic E-state index is 12.5. The summed E-state index contributed by atoms with van der Waals surface area (Å²) < 4.78 is 49.1. The molecule has 3 aromatic rings. The summed E-state index contributed by atoms with van der Waals surface area (Å²) in [4.78, 5) is 10.8. The van der Waals surface area contributed by atoms with Crippen LogP contribution < -0.4 is 15.0 Å². The number of piperidine rings is 1. The van der Waals surface area contributed by atoms with Crippen molar-refractivity contribution in [2.45, 2.75) is 32.0 Å². The molecule has 0 radical (unpaired) electrons. The van der Waals surface area contributed by atoms with Crippen molar-refractivity contribution in [3.05, 3.63) is 24.2 Å². The molecular weight excluding hydrogens is 403 g/mol. The van der Waals surface area contributed by atoms with Gasteiger partial charge in [-0.15, -0.1) is 5.10 Å². The molecule has 1 saturated heterocycles. The van der Waals surface area contributed by atoms with Crippen molar-refractivity contribution in [3.63, 3.8) is 0 Å². The van der Waals surface area contributed by atoms with Crippen LogP contribution in [-0.2, 0) is 0 Å². The number of aryl methyl sites for hydroxylation is 1. The predicted molar refractivity (Wildman–Crippen MR) is 99.4 cm³/mol. The standard InChI is InChI=1S/C18H20F3N7O2/c1-10-22-17(30-26-10)27-7-11-4-5-12(8-27)14(11)23-16-24-15-13(29-9-18(19,20)21)3-2-6-28(15)25-16/h2-3,6,11-12,14H,4-5,7-9H2,1H3,(H,23,25)/t11-,12+,14?. The maximum absolute atomic E-state index is 12.5. The number of halogens is 3. The first-order valence-electron chi connectivity index (χ1n) is 9.72. The van der Waals surface area contributed by atoms with Gasteiger partial charge >= 0.3 is 12.2 Å². The normalized spacial score (nSPS) is 23.9. The summed E-state index contributed by atoms with van der Waals surface area (Å²) in [7, 11) is 0. The second kappa shape index (κ2) is 7.03. The van der Waals surface area contributed by atoms with E-state index in [1.54, 1.807) is 19.2 Å². The second-order valence-electron chi connectivity index (χ2n) is 7.78. The number of pyridine rings is 1. The Labute approximate surface area is 169 Å². The summed E-state index contributed by atoms with van der Waals surface area (Å²) in [6.45, 7) is 1.98. The Kier molecular flexibility index (Phi) is 4.44. The van der Waals surface area contributed by atoms with Crippen LogP contribution in [-0.4, -0.2) is 56.7 Å². The molecule has 5 rings (SSSR count). The molecule has 160 valence electrons. The number of hydrogen-bond donors (Lipinski definition) is 1. The van der Waals surface area contributed by atoms with E-state index in [2.05, 4.69) is 30.4 Å². The lowest BCUT2D eigenvalue weighted by Crippen LogP contribution is -2.48. The molecule has 0 aromatic carbocycles. The zero-order valence-corrected chi connectivity index (χ0v) is 16.1. The highest BCUT2D eigenvalue weighted by molar-refractivity contribution is 5.56. The SMILES string of the molecule is Cc1noc(N2C[C@H]3CC[C@@H](C2)C3Nc2nc3c(OCC(F)(F)F)cccn3n2)n1. The zero-order chi connectivity index (χ0) is 20.9. The van der Waals surface area contributed by atoms with Gasteiger partial charge in [-0.1, -0.05) is 5.16 Å². The highest BCUT2D eigenvalue weighted by atomic mass is 19.4. The van der Waals surface area contributed by atoms with Crippen LogP contribution in [0.4, 0.5) is 25.1 Å². The Balaban J connectivity index is 1.31. The van der Waals surface area contributed by atoms with Gasteiger partial charge in [0.1, 0.15) is 0 Å². The number of anilines is 2. The minimum absolute atomic E-state index is 0.0416. The van der Waals surface area contributed by atoms with E-state index in [1.807, 2.05) is 0 Å². The number of ether oxygens (including phenoxy) is 1. The highest BCUT2D eigenvalue weighted by Crippen LogP contribution is 2.39. The van der Waals surface area contributed by atoms with E-state index in [0.29, 0.717) is 29.6 Å². The molecular formula is C18H20F3N7O2. The van der Waals surface area contributed by atoms with Crippen LogP contribution >= 0.6 is 0 Å². The molecule has 9 nitrogen and oxygen atoms in total. The van der Waals surface area contributed by atoms with Crippen molar-refractivity contribution >= 4 is 17.6 Å². The summed E-state index contributed by atoms with van der Waals surface area (Å²) in [6.07, 6.45) is -0.681. The van der Waals surface area contributed by atoms with Crippen LogP contribution in [0.15, 0.2) is 22.9 Å². The predicted octanol–water partition coefficient (Wildman–Crippen LogP) is 2.69. The van der Waals surface area contributed by atoms with Crippen molar-refractivity contribution in [1.82, 2.24) is 24.7 Å². The number of aromatic nitrogens is 5. The fourth-order valence-corrected chi connectivity index (χ4v) is 4.39. The quantitative estimate of drug-likeness (QED) is 0.670. The highest BCUT2D eigenvalue weighted by Gasteiger charge is 2.43. The van der Waals surface area contributed by atoms with E-state index < -0.39 is 12.8 Å². The second-order valence-corrected chi connectivity index (χ2v) is 7.78. The van der Waals surface area contributed by atoms with E-state index in [9.17, 15) is 13.2 Å². The van der Waals surface area contributed by atoms with Gasteiger partial charge in [-0.2, -0.15) is 23.1 Å². The van der Waals surface area contributed by atoms with Crippen LogP contribution in [0, 0.1) is 18.8 Å². The molecule has 2 aliphatic rings. The largest absolute Gasteiger partial charge is 0.480 e. The third kappa shape index (κ3) is 3.61. The van der Waals surface area contributed by atoms with E-state index in [4.69, 9.17) is 9.26 Å². The van der Waals surface area contributed by atoms with E-state index in [1.165, 1.54) is 10.6 Å². The number of nitrogens with one attached hydrogen (secondary N) is 1. The molecule has 12 heteroatoms. The summed E-state index contributed by atoms with van der Waals surface area (Å²) in [5, 5.41) is 11.6. The Morgan fingerprint density at radius 3 is 2.67 bits per heavy atom. The molecule has 30 heavy (non-hydrogen) atoms. The topological polar surface area (TPSA) is 93.6 Å². The first-order valence-corrected chi connectivity index (χ1v) is 9.72. The van der Waals surface area contributed by atoms with E-state index >= 15 is 0 Å². The van der Waals surface area contributed by atoms with Crippen molar-refractivity contribution in [2.75, 3.05) is 29.9 Å². The third-order valence-electron chi connectivity index (χ3n) is 5.63. The molecule has 3 atom stereocenters. The monoisotopic (exact) mass is 423 g/mol. The van der Waals surface area contributed by atoms with Gasteiger partial charge in [-0.05, 0) is 43.7 Å². The summed E-state index contributed by atoms with van der Waals surface area (Å²) >= 11 is 0. The zero-order valence-electron chi connectivity index (χ0n) is 16.1. The van der Waals surface area contributed by atoms with Crippen LogP contribution in [0.5, 0.6) is 5.75 Å². The van der Waals surface area contributed by atoms with Crippen LogP contribution in [0.2, 0.25) is 0 Å². The lowest BCUT2D eigenvalue weighted by molar-refractivity contribution is -0.153. The van der Waals surface area contributed by atoms with Gasteiger partial charge in [0.2, 0.25) is 5.95 Å². The smallest absolute Gasteiger partial charge is 0.422 e. The molecule has 0 spiro atoms. The van der Waals surface area contributed by atoms with Crippen molar-refractivity contribution in [3.8, 4) is 5.75 Å². The molecule has 1 saturated carbocycles.